The molecule has 2 aliphatic heterocycles. The molecule has 2 aromatic rings. The summed E-state index contributed by atoms with van der Waals surface area (Å²) < 4.78 is 0. The predicted molar refractivity (Wildman–Crippen MR) is 125 cm³/mol. The summed E-state index contributed by atoms with van der Waals surface area (Å²) in [5.41, 5.74) is 1.15. The molecule has 1 atom stereocenters. The number of nitrogens with zero attached hydrogens (tertiary/aromatic N) is 2. The summed E-state index contributed by atoms with van der Waals surface area (Å²) in [6.45, 7) is 5.94. The lowest BCUT2D eigenvalue weighted by Crippen LogP contribution is -2.46. The van der Waals surface area contributed by atoms with Gasteiger partial charge in [-0.2, -0.15) is 0 Å². The van der Waals surface area contributed by atoms with Gasteiger partial charge >= 0.3 is 0 Å². The van der Waals surface area contributed by atoms with Crippen molar-refractivity contribution < 1.29 is 9.59 Å². The minimum atomic E-state index is -0.0410. The molecule has 31 heavy (non-hydrogen) atoms. The van der Waals surface area contributed by atoms with Gasteiger partial charge in [-0.1, -0.05) is 55.3 Å². The fourth-order valence-corrected chi connectivity index (χ4v) is 5.08. The molecule has 4 rings (SSSR count). The molecule has 2 saturated heterocycles. The number of fused-ring (bicyclic) bond motifs is 1. The summed E-state index contributed by atoms with van der Waals surface area (Å²) in [5, 5.41) is 5.55. The largest absolute Gasteiger partial charge is 0.348 e. The van der Waals surface area contributed by atoms with Crippen LogP contribution in [0.15, 0.2) is 42.5 Å². The molecule has 0 saturated carbocycles. The highest BCUT2D eigenvalue weighted by Crippen LogP contribution is 2.25. The fourth-order valence-electron chi connectivity index (χ4n) is 5.08. The molecule has 2 heterocycles. The molecule has 0 unspecified atom stereocenters. The van der Waals surface area contributed by atoms with Gasteiger partial charge in [0.05, 0.1) is 12.6 Å². The molecule has 0 bridgehead atoms. The van der Waals surface area contributed by atoms with E-state index >= 15 is 0 Å². The monoisotopic (exact) mass is 421 g/mol. The smallest absolute Gasteiger partial charge is 0.234 e. The first-order chi connectivity index (χ1) is 15.1. The number of nitrogens with one attached hydrogen (secondary N) is 1. The van der Waals surface area contributed by atoms with E-state index in [0.29, 0.717) is 12.5 Å². The number of amides is 2. The van der Waals surface area contributed by atoms with Crippen molar-refractivity contribution in [3.63, 3.8) is 0 Å². The highest BCUT2D eigenvalue weighted by molar-refractivity contribution is 5.87. The van der Waals surface area contributed by atoms with Crippen LogP contribution in [0.2, 0.25) is 0 Å². The number of hydrogen-bond acceptors (Lipinski definition) is 3. The molecule has 0 aliphatic carbocycles. The summed E-state index contributed by atoms with van der Waals surface area (Å²) >= 11 is 0. The van der Waals surface area contributed by atoms with Crippen molar-refractivity contribution in [1.29, 1.82) is 0 Å². The molecule has 2 amide bonds. The van der Waals surface area contributed by atoms with Crippen molar-refractivity contribution in [3.05, 3.63) is 48.0 Å². The molecule has 5 nitrogen and oxygen atoms in total. The summed E-state index contributed by atoms with van der Waals surface area (Å²) in [6.07, 6.45) is 6.49. The van der Waals surface area contributed by atoms with Crippen molar-refractivity contribution in [1.82, 2.24) is 15.1 Å². The van der Waals surface area contributed by atoms with Gasteiger partial charge in [-0.25, -0.2) is 0 Å². The first-order valence-electron chi connectivity index (χ1n) is 11.9. The zero-order valence-corrected chi connectivity index (χ0v) is 18.7. The van der Waals surface area contributed by atoms with Gasteiger partial charge in [0.2, 0.25) is 11.8 Å². The maximum Gasteiger partial charge on any atom is 0.234 e. The van der Waals surface area contributed by atoms with Gasteiger partial charge in [-0.15, -0.1) is 0 Å². The molecule has 0 radical (unpaired) electrons. The highest BCUT2D eigenvalue weighted by Gasteiger charge is 2.29. The van der Waals surface area contributed by atoms with Gasteiger partial charge < -0.3 is 10.2 Å². The van der Waals surface area contributed by atoms with E-state index in [1.54, 1.807) is 0 Å². The van der Waals surface area contributed by atoms with E-state index in [1.165, 1.54) is 23.6 Å². The van der Waals surface area contributed by atoms with Crippen LogP contribution in [0.1, 0.15) is 57.1 Å². The number of carbonyl (C=O) groups is 2. The van der Waals surface area contributed by atoms with Crippen LogP contribution < -0.4 is 5.32 Å². The second kappa shape index (κ2) is 10.3. The second-order valence-electron chi connectivity index (χ2n) is 9.15. The van der Waals surface area contributed by atoms with Gasteiger partial charge in [0.15, 0.2) is 0 Å². The average molecular weight is 422 g/mol. The first-order valence-corrected chi connectivity index (χ1v) is 11.9. The standard InChI is InChI=1S/C26H35N3O2/c1-20(23-12-8-10-21-9-4-5-11-24(21)23)27-25(30)19-28-17-13-22(14-18-28)26(31)29-15-6-2-3-7-16-29/h4-5,8-12,20,22H,2-3,6-7,13-19H2,1H3,(H,27,30)/t20-/m0/s1. The maximum absolute atomic E-state index is 12.9. The van der Waals surface area contributed by atoms with Crippen LogP contribution in [0, 0.1) is 5.92 Å². The van der Waals surface area contributed by atoms with Crippen LogP contribution in [-0.2, 0) is 9.59 Å². The zero-order valence-electron chi connectivity index (χ0n) is 18.7. The summed E-state index contributed by atoms with van der Waals surface area (Å²) in [5.74, 6) is 0.528. The Bertz CT molecular complexity index is 891. The van der Waals surface area contributed by atoms with Crippen molar-refractivity contribution in [3.8, 4) is 0 Å². The maximum atomic E-state index is 12.9. The topological polar surface area (TPSA) is 52.7 Å². The minimum absolute atomic E-state index is 0.0410. The quantitative estimate of drug-likeness (QED) is 0.790. The van der Waals surface area contributed by atoms with E-state index < -0.39 is 0 Å². The second-order valence-corrected chi connectivity index (χ2v) is 9.15. The Morgan fingerprint density at radius 1 is 0.935 bits per heavy atom. The third kappa shape index (κ3) is 5.45. The van der Waals surface area contributed by atoms with Crippen molar-refractivity contribution >= 4 is 22.6 Å². The zero-order chi connectivity index (χ0) is 21.6. The summed E-state index contributed by atoms with van der Waals surface area (Å²) in [6, 6.07) is 14.5. The average Bonchev–Trinajstić information content (AvgIpc) is 3.08. The lowest BCUT2D eigenvalue weighted by atomic mass is 9.95. The molecule has 2 aliphatic rings. The Labute approximate surface area is 185 Å². The summed E-state index contributed by atoms with van der Waals surface area (Å²) in [4.78, 5) is 29.9. The van der Waals surface area contributed by atoms with E-state index in [-0.39, 0.29) is 17.9 Å². The van der Waals surface area contributed by atoms with E-state index in [4.69, 9.17) is 0 Å². The van der Waals surface area contributed by atoms with Crippen LogP contribution >= 0.6 is 0 Å². The molecule has 5 heteroatoms. The van der Waals surface area contributed by atoms with Crippen molar-refractivity contribution in [2.75, 3.05) is 32.7 Å². The van der Waals surface area contributed by atoms with Gasteiger partial charge in [-0.05, 0) is 62.0 Å². The van der Waals surface area contributed by atoms with E-state index in [0.717, 1.165) is 57.4 Å². The van der Waals surface area contributed by atoms with E-state index in [1.807, 2.05) is 25.1 Å². The molecule has 2 fully saturated rings. The molecule has 166 valence electrons. The SMILES string of the molecule is C[C@H](NC(=O)CN1CCC(C(=O)N2CCCCCC2)CC1)c1cccc2ccccc12. The molecular formula is C26H35N3O2. The Morgan fingerprint density at radius 3 is 2.35 bits per heavy atom. The molecule has 1 N–H and O–H groups in total. The Morgan fingerprint density at radius 2 is 1.61 bits per heavy atom. The van der Waals surface area contributed by atoms with Crippen LogP contribution in [0.4, 0.5) is 0 Å². The molecular weight excluding hydrogens is 386 g/mol. The summed E-state index contributed by atoms with van der Waals surface area (Å²) in [7, 11) is 0. The lowest BCUT2D eigenvalue weighted by Gasteiger charge is -2.33. The van der Waals surface area contributed by atoms with Crippen molar-refractivity contribution in [2.45, 2.75) is 51.5 Å². The highest BCUT2D eigenvalue weighted by atomic mass is 16.2. The van der Waals surface area contributed by atoms with Crippen LogP contribution in [-0.4, -0.2) is 54.3 Å². The number of benzene rings is 2. The van der Waals surface area contributed by atoms with Crippen LogP contribution in [0.3, 0.4) is 0 Å². The van der Waals surface area contributed by atoms with Gasteiger partial charge in [0.25, 0.3) is 0 Å². The van der Waals surface area contributed by atoms with Crippen LogP contribution in [0.25, 0.3) is 10.8 Å². The van der Waals surface area contributed by atoms with Gasteiger partial charge in [0.1, 0.15) is 0 Å². The lowest BCUT2D eigenvalue weighted by molar-refractivity contribution is -0.137. The minimum Gasteiger partial charge on any atom is -0.348 e. The normalized spacial score (nSPS) is 19.7. The Balaban J connectivity index is 1.26. The predicted octanol–water partition coefficient (Wildman–Crippen LogP) is 4.13. The molecule has 2 aromatic carbocycles. The van der Waals surface area contributed by atoms with E-state index in [9.17, 15) is 9.59 Å². The number of hydrogen-bond donors (Lipinski definition) is 1. The Kier molecular flexibility index (Phi) is 7.23. The van der Waals surface area contributed by atoms with Crippen molar-refractivity contribution in [2.24, 2.45) is 5.92 Å². The third-order valence-corrected chi connectivity index (χ3v) is 6.89. The van der Waals surface area contributed by atoms with Gasteiger partial charge in [0, 0.05) is 19.0 Å². The number of likely N-dealkylation sites (tertiary alicyclic amines) is 2. The first kappa shape index (κ1) is 21.8. The Hall–Kier alpha value is -2.40. The van der Waals surface area contributed by atoms with Gasteiger partial charge in [-0.3, -0.25) is 14.5 Å². The van der Waals surface area contributed by atoms with Crippen LogP contribution in [0.5, 0.6) is 0 Å². The number of rotatable bonds is 5. The molecule has 0 spiro atoms. The van der Waals surface area contributed by atoms with E-state index in [2.05, 4.69) is 39.4 Å². The number of piperidine rings is 1. The molecule has 0 aromatic heterocycles. The fraction of sp³-hybridized carbons (Fsp3) is 0.538. The third-order valence-electron chi connectivity index (χ3n) is 6.89. The number of carbonyl (C=O) groups excluding carboxylic acids is 2.